The maximum atomic E-state index is 12.8. The Morgan fingerprint density at radius 2 is 2.03 bits per heavy atom. The van der Waals surface area contributed by atoms with Gasteiger partial charge in [0.1, 0.15) is 17.6 Å². The lowest BCUT2D eigenvalue weighted by atomic mass is 9.81. The van der Waals surface area contributed by atoms with Crippen LogP contribution in [0.5, 0.6) is 5.75 Å². The van der Waals surface area contributed by atoms with E-state index < -0.39 is 11.7 Å². The van der Waals surface area contributed by atoms with Gasteiger partial charge in [-0.1, -0.05) is 6.07 Å². The number of alkyl halides is 3. The van der Waals surface area contributed by atoms with E-state index in [4.69, 9.17) is 4.74 Å². The van der Waals surface area contributed by atoms with E-state index in [-0.39, 0.29) is 29.7 Å². The average molecular weight is 434 g/mol. The van der Waals surface area contributed by atoms with Gasteiger partial charge in [0.05, 0.1) is 29.2 Å². The van der Waals surface area contributed by atoms with Crippen LogP contribution in [0, 0.1) is 12.8 Å². The van der Waals surface area contributed by atoms with E-state index in [1.54, 1.807) is 6.07 Å². The minimum Gasteiger partial charge on any atom is -0.493 e. The summed E-state index contributed by atoms with van der Waals surface area (Å²) in [6, 6.07) is 6.86. The Morgan fingerprint density at radius 1 is 1.29 bits per heavy atom. The van der Waals surface area contributed by atoms with Gasteiger partial charge in [0.2, 0.25) is 5.91 Å². The van der Waals surface area contributed by atoms with Crippen LogP contribution in [0.25, 0.3) is 0 Å². The van der Waals surface area contributed by atoms with E-state index in [1.165, 1.54) is 6.07 Å². The number of nitrogens with zero attached hydrogens (tertiary/aromatic N) is 2. The molecule has 6 nitrogen and oxygen atoms in total. The van der Waals surface area contributed by atoms with Crippen LogP contribution in [0.4, 0.5) is 30.4 Å². The number of carbonyl (C=O) groups excluding carboxylic acids is 1. The van der Waals surface area contributed by atoms with Gasteiger partial charge in [0.15, 0.2) is 0 Å². The smallest absolute Gasteiger partial charge is 0.416 e. The molecular formula is C22H25F3N4O2. The lowest BCUT2D eigenvalue weighted by Gasteiger charge is -2.37. The van der Waals surface area contributed by atoms with Gasteiger partial charge in [-0.3, -0.25) is 4.79 Å². The van der Waals surface area contributed by atoms with Gasteiger partial charge in [0, 0.05) is 19.2 Å². The molecule has 1 atom stereocenters. The number of pyridine rings is 1. The van der Waals surface area contributed by atoms with E-state index in [0.29, 0.717) is 6.61 Å². The minimum absolute atomic E-state index is 0.0526. The first-order chi connectivity index (χ1) is 14.6. The molecule has 4 rings (SSSR count). The van der Waals surface area contributed by atoms with Gasteiger partial charge in [-0.05, 0) is 50.8 Å². The van der Waals surface area contributed by atoms with Crippen molar-refractivity contribution in [3.05, 3.63) is 41.6 Å². The molecule has 9 heteroatoms. The fourth-order valence-electron chi connectivity index (χ4n) is 3.95. The van der Waals surface area contributed by atoms with Crippen molar-refractivity contribution in [2.24, 2.45) is 5.92 Å². The average Bonchev–Trinajstić information content (AvgIpc) is 2.68. The Kier molecular flexibility index (Phi) is 5.45. The third kappa shape index (κ3) is 4.40. The molecule has 1 amide bonds. The molecule has 0 spiro atoms. The standard InChI is InChI=1S/C22H25F3N4O2/c1-12-20-18(29(3)13(2)21(30)28-20)10-19(26-12)27-16-7-14(8-16)11-31-17-6-4-5-15(9-17)22(23,24)25/h4-6,9-10,13-14,16H,7-8,11H2,1-3H3,(H,26,27)(H,28,30)/t13-,14-,16+/m0/s1. The number of aryl methyl sites for hydroxylation is 1. The molecule has 1 aliphatic carbocycles. The minimum atomic E-state index is -4.38. The largest absolute Gasteiger partial charge is 0.493 e. The molecule has 0 saturated heterocycles. The third-order valence-electron chi connectivity index (χ3n) is 6.00. The molecule has 1 aromatic heterocycles. The summed E-state index contributed by atoms with van der Waals surface area (Å²) in [5.74, 6) is 1.20. The zero-order valence-electron chi connectivity index (χ0n) is 17.6. The summed E-state index contributed by atoms with van der Waals surface area (Å²) in [6.07, 6.45) is -2.68. The van der Waals surface area contributed by atoms with Crippen molar-refractivity contribution in [3.8, 4) is 5.75 Å². The number of fused-ring (bicyclic) bond motifs is 1. The van der Waals surface area contributed by atoms with Gasteiger partial charge >= 0.3 is 6.18 Å². The number of hydrogen-bond acceptors (Lipinski definition) is 5. The Hall–Kier alpha value is -2.97. The van der Waals surface area contributed by atoms with E-state index in [0.717, 1.165) is 47.9 Å². The predicted octanol–water partition coefficient (Wildman–Crippen LogP) is 4.46. The maximum Gasteiger partial charge on any atom is 0.416 e. The zero-order valence-corrected chi connectivity index (χ0v) is 17.6. The van der Waals surface area contributed by atoms with Crippen LogP contribution in [0.1, 0.15) is 31.0 Å². The van der Waals surface area contributed by atoms with Gasteiger partial charge in [-0.2, -0.15) is 13.2 Å². The SMILES string of the molecule is Cc1nc(N[C@H]2C[C@@H](COc3cccc(C(F)(F)F)c3)C2)cc2c1NC(=O)[C@H](C)N2C. The van der Waals surface area contributed by atoms with Crippen LogP contribution >= 0.6 is 0 Å². The number of rotatable bonds is 5. The third-order valence-corrected chi connectivity index (χ3v) is 6.00. The molecule has 1 fully saturated rings. The Balaban J connectivity index is 1.32. The molecular weight excluding hydrogens is 409 g/mol. The summed E-state index contributed by atoms with van der Waals surface area (Å²) in [5.41, 5.74) is 1.70. The quantitative estimate of drug-likeness (QED) is 0.728. The van der Waals surface area contributed by atoms with Crippen LogP contribution in [0.2, 0.25) is 0 Å². The van der Waals surface area contributed by atoms with Crippen LogP contribution < -0.4 is 20.3 Å². The number of benzene rings is 1. The van der Waals surface area contributed by atoms with Crippen molar-refractivity contribution < 1.29 is 22.7 Å². The second kappa shape index (κ2) is 7.94. The molecule has 2 heterocycles. The van der Waals surface area contributed by atoms with Crippen molar-refractivity contribution in [1.82, 2.24) is 4.98 Å². The zero-order chi connectivity index (χ0) is 22.3. The first-order valence-electron chi connectivity index (χ1n) is 10.2. The van der Waals surface area contributed by atoms with Crippen molar-refractivity contribution in [1.29, 1.82) is 0 Å². The van der Waals surface area contributed by atoms with Crippen molar-refractivity contribution in [2.75, 3.05) is 29.2 Å². The van der Waals surface area contributed by atoms with E-state index >= 15 is 0 Å². The van der Waals surface area contributed by atoms with Crippen molar-refractivity contribution in [2.45, 2.75) is 44.9 Å². The Labute approximate surface area is 178 Å². The number of hydrogen-bond donors (Lipinski definition) is 2. The second-order valence-corrected chi connectivity index (χ2v) is 8.28. The number of amides is 1. The number of aromatic nitrogens is 1. The summed E-state index contributed by atoms with van der Waals surface area (Å²) in [6.45, 7) is 4.09. The highest BCUT2D eigenvalue weighted by Gasteiger charge is 2.33. The number of halogens is 3. The molecule has 0 unspecified atom stereocenters. The number of anilines is 3. The highest BCUT2D eigenvalue weighted by molar-refractivity contribution is 6.04. The second-order valence-electron chi connectivity index (χ2n) is 8.28. The molecule has 1 aliphatic heterocycles. The van der Waals surface area contributed by atoms with E-state index in [1.807, 2.05) is 31.9 Å². The first kappa shape index (κ1) is 21.3. The maximum absolute atomic E-state index is 12.8. The van der Waals surface area contributed by atoms with Gasteiger partial charge < -0.3 is 20.3 Å². The van der Waals surface area contributed by atoms with E-state index in [9.17, 15) is 18.0 Å². The molecule has 2 aromatic rings. The van der Waals surface area contributed by atoms with Crippen LogP contribution in [-0.4, -0.2) is 36.6 Å². The Bertz CT molecular complexity index is 989. The molecule has 0 bridgehead atoms. The highest BCUT2D eigenvalue weighted by Crippen LogP contribution is 2.37. The highest BCUT2D eigenvalue weighted by atomic mass is 19.4. The Morgan fingerprint density at radius 3 is 2.74 bits per heavy atom. The summed E-state index contributed by atoms with van der Waals surface area (Å²) in [5, 5.41) is 6.33. The summed E-state index contributed by atoms with van der Waals surface area (Å²) < 4.78 is 44.0. The number of carbonyl (C=O) groups is 1. The fourth-order valence-corrected chi connectivity index (χ4v) is 3.95. The van der Waals surface area contributed by atoms with E-state index in [2.05, 4.69) is 15.6 Å². The lowest BCUT2D eigenvalue weighted by molar-refractivity contribution is -0.137. The van der Waals surface area contributed by atoms with Crippen molar-refractivity contribution >= 4 is 23.1 Å². The molecule has 2 N–H and O–H groups in total. The summed E-state index contributed by atoms with van der Waals surface area (Å²) in [4.78, 5) is 18.5. The van der Waals surface area contributed by atoms with Crippen molar-refractivity contribution in [3.63, 3.8) is 0 Å². The van der Waals surface area contributed by atoms with Crippen LogP contribution in [-0.2, 0) is 11.0 Å². The number of likely N-dealkylation sites (N-methyl/N-ethyl adjacent to an activating group) is 1. The molecule has 0 radical (unpaired) electrons. The summed E-state index contributed by atoms with van der Waals surface area (Å²) >= 11 is 0. The fraction of sp³-hybridized carbons (Fsp3) is 0.455. The molecule has 2 aliphatic rings. The summed E-state index contributed by atoms with van der Waals surface area (Å²) in [7, 11) is 1.88. The molecule has 1 saturated carbocycles. The van der Waals surface area contributed by atoms with Gasteiger partial charge in [0.25, 0.3) is 0 Å². The topological polar surface area (TPSA) is 66.5 Å². The lowest BCUT2D eigenvalue weighted by Crippen LogP contribution is -2.44. The van der Waals surface area contributed by atoms with Crippen LogP contribution in [0.3, 0.4) is 0 Å². The number of nitrogens with one attached hydrogen (secondary N) is 2. The normalized spacial score (nSPS) is 23.0. The van der Waals surface area contributed by atoms with Crippen LogP contribution in [0.15, 0.2) is 30.3 Å². The van der Waals surface area contributed by atoms with Gasteiger partial charge in [-0.15, -0.1) is 0 Å². The van der Waals surface area contributed by atoms with Gasteiger partial charge in [-0.25, -0.2) is 4.98 Å². The number of ether oxygens (including phenoxy) is 1. The molecule has 1 aromatic carbocycles. The molecule has 31 heavy (non-hydrogen) atoms. The molecule has 166 valence electrons. The monoisotopic (exact) mass is 434 g/mol. The predicted molar refractivity (Wildman–Crippen MR) is 113 cm³/mol. The first-order valence-corrected chi connectivity index (χ1v) is 10.2.